The first kappa shape index (κ1) is 37.5. The fourth-order valence-corrected chi connectivity index (χ4v) is 5.19. The maximum absolute atomic E-state index is 12.5. The third kappa shape index (κ3) is 11.1. The van der Waals surface area contributed by atoms with Crippen molar-refractivity contribution < 1.29 is 38.1 Å². The van der Waals surface area contributed by atoms with Gasteiger partial charge in [0.1, 0.15) is 0 Å². The van der Waals surface area contributed by atoms with Crippen molar-refractivity contribution in [2.24, 2.45) is 10.2 Å². The van der Waals surface area contributed by atoms with Gasteiger partial charge in [0.25, 0.3) is 0 Å². The molecule has 0 spiro atoms. The Labute approximate surface area is 305 Å². The second kappa shape index (κ2) is 19.0. The van der Waals surface area contributed by atoms with E-state index in [-0.39, 0.29) is 36.2 Å². The molecule has 0 saturated heterocycles. The van der Waals surface area contributed by atoms with Gasteiger partial charge in [-0.05, 0) is 116 Å². The van der Waals surface area contributed by atoms with Gasteiger partial charge in [-0.2, -0.15) is 10.2 Å². The van der Waals surface area contributed by atoms with E-state index in [1.807, 2.05) is 0 Å². The van der Waals surface area contributed by atoms with Crippen LogP contribution in [0.2, 0.25) is 0 Å². The Kier molecular flexibility index (Phi) is 14.2. The van der Waals surface area contributed by atoms with E-state index >= 15 is 0 Å². The standard InChI is InChI=1S/C36H32Br2N4O8/c1-47-31-19-23(15-17-29(31)49-35(45)25-9-3-5-11-27(25)37)21-39-41-33(43)13-7-8-14-34(44)42-40-22-24-16-18-30(32(20-24)48-2)50-36(46)26-10-4-6-12-28(26)38/h3-6,9-12,15-22H,7-8,13-14H2,1-2H3,(H,41,43)(H,42,44). The molecule has 0 heterocycles. The molecule has 0 saturated carbocycles. The number of amides is 2. The van der Waals surface area contributed by atoms with Gasteiger partial charge in [0.2, 0.25) is 11.8 Å². The van der Waals surface area contributed by atoms with Crippen molar-refractivity contribution in [2.75, 3.05) is 14.2 Å². The van der Waals surface area contributed by atoms with Crippen LogP contribution in [0.4, 0.5) is 0 Å². The van der Waals surface area contributed by atoms with Gasteiger partial charge in [0.15, 0.2) is 23.0 Å². The Morgan fingerprint density at radius 2 is 1.00 bits per heavy atom. The molecule has 2 N–H and O–H groups in total. The Hall–Kier alpha value is -5.34. The summed E-state index contributed by atoms with van der Waals surface area (Å²) >= 11 is 6.67. The predicted molar refractivity (Wildman–Crippen MR) is 194 cm³/mol. The maximum Gasteiger partial charge on any atom is 0.344 e. The van der Waals surface area contributed by atoms with Gasteiger partial charge in [-0.25, -0.2) is 20.4 Å². The first-order valence-corrected chi connectivity index (χ1v) is 16.7. The Bertz CT molecular complexity index is 1780. The lowest BCUT2D eigenvalue weighted by molar-refractivity contribution is -0.123. The minimum Gasteiger partial charge on any atom is -0.493 e. The maximum atomic E-state index is 12.5. The summed E-state index contributed by atoms with van der Waals surface area (Å²) in [5.74, 6) is -0.621. The third-order valence-electron chi connectivity index (χ3n) is 6.83. The van der Waals surface area contributed by atoms with Crippen molar-refractivity contribution in [3.05, 3.63) is 116 Å². The van der Waals surface area contributed by atoms with Crippen LogP contribution >= 0.6 is 31.9 Å². The quantitative estimate of drug-likeness (QED) is 0.0436. The molecular formula is C36H32Br2N4O8. The highest BCUT2D eigenvalue weighted by molar-refractivity contribution is 9.10. The lowest BCUT2D eigenvalue weighted by atomic mass is 10.2. The number of hydrogen-bond donors (Lipinski definition) is 2. The fourth-order valence-electron chi connectivity index (χ4n) is 4.30. The van der Waals surface area contributed by atoms with E-state index in [0.717, 1.165) is 0 Å². The molecule has 0 fully saturated rings. The number of methoxy groups -OCH3 is 2. The summed E-state index contributed by atoms with van der Waals surface area (Å²) in [6.07, 6.45) is 4.12. The number of hydrogen-bond acceptors (Lipinski definition) is 10. The van der Waals surface area contributed by atoms with Crippen molar-refractivity contribution in [3.8, 4) is 23.0 Å². The van der Waals surface area contributed by atoms with E-state index in [1.165, 1.54) is 26.6 Å². The summed E-state index contributed by atoms with van der Waals surface area (Å²) in [7, 11) is 2.90. The van der Waals surface area contributed by atoms with Crippen LogP contribution in [0.5, 0.6) is 23.0 Å². The Morgan fingerprint density at radius 3 is 1.38 bits per heavy atom. The van der Waals surface area contributed by atoms with E-state index in [1.54, 1.807) is 84.9 Å². The van der Waals surface area contributed by atoms with E-state index < -0.39 is 11.9 Å². The molecule has 0 unspecified atom stereocenters. The molecular weight excluding hydrogens is 776 g/mol. The summed E-state index contributed by atoms with van der Waals surface area (Å²) in [5, 5.41) is 7.94. The minimum atomic E-state index is -0.544. The van der Waals surface area contributed by atoms with Crippen LogP contribution in [0.3, 0.4) is 0 Å². The van der Waals surface area contributed by atoms with E-state index in [4.69, 9.17) is 18.9 Å². The molecule has 50 heavy (non-hydrogen) atoms. The van der Waals surface area contributed by atoms with Crippen molar-refractivity contribution in [3.63, 3.8) is 0 Å². The average molecular weight is 808 g/mol. The highest BCUT2D eigenvalue weighted by Crippen LogP contribution is 2.30. The topological polar surface area (TPSA) is 154 Å². The smallest absolute Gasteiger partial charge is 0.344 e. The number of unbranched alkanes of at least 4 members (excludes halogenated alkanes) is 1. The van der Waals surface area contributed by atoms with Gasteiger partial charge in [-0.3, -0.25) is 9.59 Å². The van der Waals surface area contributed by atoms with Crippen LogP contribution in [0, 0.1) is 0 Å². The minimum absolute atomic E-state index is 0.166. The van der Waals surface area contributed by atoms with Crippen molar-refractivity contribution in [2.45, 2.75) is 25.7 Å². The van der Waals surface area contributed by atoms with Crippen molar-refractivity contribution in [1.82, 2.24) is 10.9 Å². The molecule has 4 aromatic carbocycles. The number of nitrogens with zero attached hydrogens (tertiary/aromatic N) is 2. The van der Waals surface area contributed by atoms with Gasteiger partial charge in [-0.15, -0.1) is 0 Å². The Morgan fingerprint density at radius 1 is 0.600 bits per heavy atom. The lowest BCUT2D eigenvalue weighted by Gasteiger charge is -2.10. The number of rotatable bonds is 15. The molecule has 0 radical (unpaired) electrons. The van der Waals surface area contributed by atoms with Gasteiger partial charge in [-0.1, -0.05) is 24.3 Å². The molecule has 0 atom stereocenters. The largest absolute Gasteiger partial charge is 0.493 e. The number of carbonyl (C=O) groups excluding carboxylic acids is 4. The summed E-state index contributed by atoms with van der Waals surface area (Å²) in [6, 6.07) is 23.5. The SMILES string of the molecule is COc1cc(C=NNC(=O)CCCCC(=O)NN=Cc2ccc(OC(=O)c3ccccc3Br)c(OC)c2)ccc1OC(=O)c1ccccc1Br. The van der Waals surface area contributed by atoms with Crippen LogP contribution < -0.4 is 29.8 Å². The molecule has 0 aliphatic carbocycles. The van der Waals surface area contributed by atoms with Gasteiger partial charge < -0.3 is 18.9 Å². The van der Waals surface area contributed by atoms with E-state index in [9.17, 15) is 19.2 Å². The van der Waals surface area contributed by atoms with Crippen LogP contribution in [0.1, 0.15) is 57.5 Å². The van der Waals surface area contributed by atoms with Crippen molar-refractivity contribution >= 4 is 68.0 Å². The van der Waals surface area contributed by atoms with E-state index in [2.05, 4.69) is 52.9 Å². The molecule has 12 nitrogen and oxygen atoms in total. The van der Waals surface area contributed by atoms with Crippen LogP contribution in [0.25, 0.3) is 0 Å². The van der Waals surface area contributed by atoms with Crippen LogP contribution in [-0.4, -0.2) is 50.4 Å². The Balaban J connectivity index is 1.16. The number of benzene rings is 4. The van der Waals surface area contributed by atoms with Crippen LogP contribution in [-0.2, 0) is 9.59 Å². The number of nitrogens with one attached hydrogen (secondary N) is 2. The summed E-state index contributed by atoms with van der Waals surface area (Å²) in [4.78, 5) is 49.5. The molecule has 4 aromatic rings. The number of carbonyl (C=O) groups is 4. The average Bonchev–Trinajstić information content (AvgIpc) is 3.11. The van der Waals surface area contributed by atoms with Crippen LogP contribution in [0.15, 0.2) is 104 Å². The molecule has 0 aliphatic rings. The second-order valence-electron chi connectivity index (χ2n) is 10.4. The van der Waals surface area contributed by atoms with Crippen molar-refractivity contribution in [1.29, 1.82) is 0 Å². The lowest BCUT2D eigenvalue weighted by Crippen LogP contribution is -2.19. The number of ether oxygens (including phenoxy) is 4. The van der Waals surface area contributed by atoms with E-state index in [0.29, 0.717) is 55.5 Å². The summed E-state index contributed by atoms with van der Waals surface area (Å²) < 4.78 is 22.9. The summed E-state index contributed by atoms with van der Waals surface area (Å²) in [5.41, 5.74) is 6.86. The molecule has 2 amide bonds. The number of esters is 2. The number of halogens is 2. The molecule has 0 aliphatic heterocycles. The van der Waals surface area contributed by atoms with Gasteiger partial charge >= 0.3 is 11.9 Å². The highest BCUT2D eigenvalue weighted by atomic mass is 79.9. The number of hydrazone groups is 2. The first-order valence-electron chi connectivity index (χ1n) is 15.1. The third-order valence-corrected chi connectivity index (χ3v) is 8.21. The summed E-state index contributed by atoms with van der Waals surface area (Å²) in [6.45, 7) is 0. The second-order valence-corrected chi connectivity index (χ2v) is 12.1. The molecule has 4 rings (SSSR count). The van der Waals surface area contributed by atoms with Gasteiger partial charge in [0, 0.05) is 21.8 Å². The highest BCUT2D eigenvalue weighted by Gasteiger charge is 2.16. The zero-order valence-electron chi connectivity index (χ0n) is 27.0. The molecule has 14 heteroatoms. The first-order chi connectivity index (χ1) is 24.2. The monoisotopic (exact) mass is 806 g/mol. The zero-order chi connectivity index (χ0) is 35.9. The molecule has 0 bridgehead atoms. The zero-order valence-corrected chi connectivity index (χ0v) is 30.2. The predicted octanol–water partition coefficient (Wildman–Crippen LogP) is 6.83. The fraction of sp³-hybridized carbons (Fsp3) is 0.167. The normalized spacial score (nSPS) is 10.9. The van der Waals surface area contributed by atoms with Gasteiger partial charge in [0.05, 0.1) is 37.8 Å². The molecule has 0 aromatic heterocycles. The molecule has 258 valence electrons.